The molecule has 0 atom stereocenters. The van der Waals surface area contributed by atoms with Gasteiger partial charge in [0.2, 0.25) is 0 Å². The van der Waals surface area contributed by atoms with Gasteiger partial charge in [0.1, 0.15) is 18.1 Å². The number of halogens is 1. The van der Waals surface area contributed by atoms with E-state index in [0.29, 0.717) is 17.7 Å². The Kier molecular flexibility index (Phi) is 5.10. The molecule has 1 heterocycles. The Morgan fingerprint density at radius 2 is 2.10 bits per heavy atom. The third kappa shape index (κ3) is 4.29. The molecule has 1 aromatic carbocycles. The van der Waals surface area contributed by atoms with E-state index in [2.05, 4.69) is 19.2 Å². The smallest absolute Gasteiger partial charge is 0.146 e. The van der Waals surface area contributed by atoms with E-state index in [1.807, 2.05) is 31.2 Å². The quantitative estimate of drug-likeness (QED) is 0.861. The number of ether oxygens (including phenoxy) is 1. The molecule has 20 heavy (non-hydrogen) atoms. The Morgan fingerprint density at radius 1 is 1.30 bits per heavy atom. The lowest BCUT2D eigenvalue weighted by atomic mass is 10.2. The highest BCUT2D eigenvalue weighted by Crippen LogP contribution is 2.23. The zero-order valence-electron chi connectivity index (χ0n) is 12.1. The largest absolute Gasteiger partial charge is 0.485 e. The lowest BCUT2D eigenvalue weighted by Crippen LogP contribution is -2.21. The van der Waals surface area contributed by atoms with Gasteiger partial charge in [0.25, 0.3) is 0 Å². The maximum Gasteiger partial charge on any atom is 0.146 e. The average Bonchev–Trinajstić information content (AvgIpc) is 2.85. The summed E-state index contributed by atoms with van der Waals surface area (Å²) in [5, 5.41) is 4.02. The third-order valence-electron chi connectivity index (χ3n) is 2.94. The lowest BCUT2D eigenvalue weighted by Gasteiger charge is -2.07. The van der Waals surface area contributed by atoms with Gasteiger partial charge in [-0.3, -0.25) is 0 Å². The highest BCUT2D eigenvalue weighted by atomic mass is 35.5. The molecule has 0 saturated heterocycles. The van der Waals surface area contributed by atoms with Gasteiger partial charge in [0.15, 0.2) is 0 Å². The van der Waals surface area contributed by atoms with Crippen LogP contribution < -0.4 is 10.1 Å². The number of rotatable bonds is 6. The van der Waals surface area contributed by atoms with Crippen LogP contribution >= 0.6 is 11.6 Å². The van der Waals surface area contributed by atoms with E-state index in [-0.39, 0.29) is 0 Å². The molecule has 0 saturated carbocycles. The van der Waals surface area contributed by atoms with Gasteiger partial charge in [-0.05, 0) is 30.7 Å². The van der Waals surface area contributed by atoms with Crippen molar-refractivity contribution in [1.82, 2.24) is 5.32 Å². The Hall–Kier alpha value is -1.45. The molecule has 0 unspecified atom stereocenters. The Morgan fingerprint density at radius 3 is 2.85 bits per heavy atom. The fraction of sp³-hybridized carbons (Fsp3) is 0.375. The van der Waals surface area contributed by atoms with Gasteiger partial charge in [0.05, 0.1) is 6.26 Å². The van der Waals surface area contributed by atoms with Crippen molar-refractivity contribution in [1.29, 1.82) is 0 Å². The molecular formula is C16H20ClNO2. The fourth-order valence-corrected chi connectivity index (χ4v) is 1.96. The van der Waals surface area contributed by atoms with Crippen LogP contribution in [-0.4, -0.2) is 6.04 Å². The predicted molar refractivity (Wildman–Crippen MR) is 81.2 cm³/mol. The van der Waals surface area contributed by atoms with Crippen molar-refractivity contribution in [3.05, 3.63) is 52.4 Å². The molecule has 0 amide bonds. The minimum atomic E-state index is 0.406. The second-order valence-electron chi connectivity index (χ2n) is 5.16. The van der Waals surface area contributed by atoms with Crippen molar-refractivity contribution >= 4 is 11.6 Å². The summed E-state index contributed by atoms with van der Waals surface area (Å²) >= 11 is 5.96. The van der Waals surface area contributed by atoms with Crippen LogP contribution in [-0.2, 0) is 13.2 Å². The Bertz CT molecular complexity index is 563. The second kappa shape index (κ2) is 6.82. The molecule has 0 aliphatic heterocycles. The first-order valence-electron chi connectivity index (χ1n) is 6.73. The van der Waals surface area contributed by atoms with E-state index in [0.717, 1.165) is 29.2 Å². The van der Waals surface area contributed by atoms with Crippen LogP contribution in [0.1, 0.15) is 30.7 Å². The molecule has 0 spiro atoms. The van der Waals surface area contributed by atoms with Gasteiger partial charge in [-0.2, -0.15) is 0 Å². The molecule has 4 heteroatoms. The SMILES string of the molecule is Cc1ccc(Cl)cc1OCc1cc(CNC(C)C)co1. The highest BCUT2D eigenvalue weighted by Gasteiger charge is 2.05. The number of benzene rings is 1. The van der Waals surface area contributed by atoms with Crippen molar-refractivity contribution < 1.29 is 9.15 Å². The van der Waals surface area contributed by atoms with Crippen molar-refractivity contribution in [2.24, 2.45) is 0 Å². The predicted octanol–water partition coefficient (Wildman–Crippen LogP) is 4.32. The van der Waals surface area contributed by atoms with E-state index < -0.39 is 0 Å². The molecule has 1 N–H and O–H groups in total. The molecule has 0 aliphatic carbocycles. The first-order chi connectivity index (χ1) is 9.54. The molecule has 108 valence electrons. The number of furan rings is 1. The van der Waals surface area contributed by atoms with Crippen LogP contribution in [0.5, 0.6) is 5.75 Å². The van der Waals surface area contributed by atoms with Crippen LogP contribution in [0.2, 0.25) is 5.02 Å². The first kappa shape index (κ1) is 14.9. The summed E-state index contributed by atoms with van der Waals surface area (Å²) in [6.45, 7) is 7.43. The monoisotopic (exact) mass is 293 g/mol. The van der Waals surface area contributed by atoms with Gasteiger partial charge >= 0.3 is 0 Å². The normalized spacial score (nSPS) is 11.1. The van der Waals surface area contributed by atoms with Crippen LogP contribution in [0.4, 0.5) is 0 Å². The molecule has 2 aromatic rings. The Labute approximate surface area is 124 Å². The summed E-state index contributed by atoms with van der Waals surface area (Å²) in [5.41, 5.74) is 2.18. The molecular weight excluding hydrogens is 274 g/mol. The first-order valence-corrected chi connectivity index (χ1v) is 7.11. The fourth-order valence-electron chi connectivity index (χ4n) is 1.79. The van der Waals surface area contributed by atoms with Gasteiger partial charge in [-0.1, -0.05) is 31.5 Å². The number of hydrogen-bond acceptors (Lipinski definition) is 3. The standard InChI is InChI=1S/C16H20ClNO2/c1-11(2)18-8-13-6-15(19-9-13)10-20-16-7-14(17)5-4-12(16)3/h4-7,9,11,18H,8,10H2,1-3H3. The average molecular weight is 294 g/mol. The number of nitrogens with one attached hydrogen (secondary N) is 1. The van der Waals surface area contributed by atoms with E-state index in [4.69, 9.17) is 20.8 Å². The van der Waals surface area contributed by atoms with E-state index in [1.165, 1.54) is 0 Å². The Balaban J connectivity index is 1.92. The maximum absolute atomic E-state index is 5.96. The van der Waals surface area contributed by atoms with Crippen molar-refractivity contribution in [3.63, 3.8) is 0 Å². The van der Waals surface area contributed by atoms with Crippen LogP contribution in [0, 0.1) is 6.92 Å². The summed E-state index contributed by atoms with van der Waals surface area (Å²) in [5.74, 6) is 1.60. The van der Waals surface area contributed by atoms with Gasteiger partial charge in [0, 0.05) is 23.2 Å². The third-order valence-corrected chi connectivity index (χ3v) is 3.18. The van der Waals surface area contributed by atoms with Crippen molar-refractivity contribution in [2.75, 3.05) is 0 Å². The molecule has 0 radical (unpaired) electrons. The molecule has 0 bridgehead atoms. The number of aryl methyl sites for hydroxylation is 1. The summed E-state index contributed by atoms with van der Waals surface area (Å²) < 4.78 is 11.2. The summed E-state index contributed by atoms with van der Waals surface area (Å²) in [7, 11) is 0. The topological polar surface area (TPSA) is 34.4 Å². The summed E-state index contributed by atoms with van der Waals surface area (Å²) in [6.07, 6.45) is 1.76. The van der Waals surface area contributed by atoms with Crippen LogP contribution in [0.25, 0.3) is 0 Å². The highest BCUT2D eigenvalue weighted by molar-refractivity contribution is 6.30. The van der Waals surface area contributed by atoms with Gasteiger partial charge < -0.3 is 14.5 Å². The molecule has 0 aliphatic rings. The van der Waals surface area contributed by atoms with Crippen LogP contribution in [0.3, 0.4) is 0 Å². The van der Waals surface area contributed by atoms with Crippen LogP contribution in [0.15, 0.2) is 34.9 Å². The van der Waals surface area contributed by atoms with E-state index in [1.54, 1.807) is 6.26 Å². The van der Waals surface area contributed by atoms with E-state index >= 15 is 0 Å². The minimum absolute atomic E-state index is 0.406. The molecule has 1 aromatic heterocycles. The number of hydrogen-bond donors (Lipinski definition) is 1. The molecule has 0 fully saturated rings. The van der Waals surface area contributed by atoms with Crippen molar-refractivity contribution in [2.45, 2.75) is 40.0 Å². The second-order valence-corrected chi connectivity index (χ2v) is 5.59. The zero-order chi connectivity index (χ0) is 14.5. The summed E-state index contributed by atoms with van der Waals surface area (Å²) in [6, 6.07) is 8.08. The van der Waals surface area contributed by atoms with Crippen molar-refractivity contribution in [3.8, 4) is 5.75 Å². The van der Waals surface area contributed by atoms with Gasteiger partial charge in [-0.25, -0.2) is 0 Å². The zero-order valence-corrected chi connectivity index (χ0v) is 12.8. The van der Waals surface area contributed by atoms with Gasteiger partial charge in [-0.15, -0.1) is 0 Å². The minimum Gasteiger partial charge on any atom is -0.485 e. The summed E-state index contributed by atoms with van der Waals surface area (Å²) in [4.78, 5) is 0. The molecule has 3 nitrogen and oxygen atoms in total. The van der Waals surface area contributed by atoms with E-state index in [9.17, 15) is 0 Å². The molecule has 2 rings (SSSR count). The lowest BCUT2D eigenvalue weighted by molar-refractivity contribution is 0.268. The maximum atomic E-state index is 5.96.